The van der Waals surface area contributed by atoms with Crippen molar-refractivity contribution in [3.05, 3.63) is 40.2 Å². The number of ether oxygens (including phenoxy) is 1. The SMILES string of the molecule is COC(=O)c1c(NC(=S)NC(=O)c2ccco2)sc2c1CCC(C(C)(C)C)C2. The summed E-state index contributed by atoms with van der Waals surface area (Å²) in [5.41, 5.74) is 1.75. The maximum Gasteiger partial charge on any atom is 0.341 e. The van der Waals surface area contributed by atoms with Crippen molar-refractivity contribution in [1.82, 2.24) is 5.32 Å². The van der Waals surface area contributed by atoms with E-state index in [1.54, 1.807) is 12.1 Å². The van der Waals surface area contributed by atoms with Gasteiger partial charge in [0.05, 0.1) is 18.9 Å². The van der Waals surface area contributed by atoms with E-state index in [0.717, 1.165) is 24.8 Å². The molecule has 3 rings (SSSR count). The first kappa shape index (κ1) is 20.5. The number of nitrogens with one attached hydrogen (secondary N) is 2. The number of anilines is 1. The van der Waals surface area contributed by atoms with Crippen molar-refractivity contribution in [1.29, 1.82) is 0 Å². The second kappa shape index (κ2) is 8.05. The van der Waals surface area contributed by atoms with Crippen molar-refractivity contribution >= 4 is 45.5 Å². The average Bonchev–Trinajstić information content (AvgIpc) is 3.27. The zero-order chi connectivity index (χ0) is 20.5. The topological polar surface area (TPSA) is 80.6 Å². The first-order chi connectivity index (χ1) is 13.2. The van der Waals surface area contributed by atoms with Crippen LogP contribution in [0, 0.1) is 11.3 Å². The van der Waals surface area contributed by atoms with Gasteiger partial charge in [-0.3, -0.25) is 10.1 Å². The molecule has 1 unspecified atom stereocenters. The lowest BCUT2D eigenvalue weighted by molar-refractivity contribution is 0.0600. The molecule has 0 radical (unpaired) electrons. The molecule has 0 aromatic carbocycles. The highest BCUT2D eigenvalue weighted by Gasteiger charge is 2.34. The van der Waals surface area contributed by atoms with Crippen molar-refractivity contribution in [3.8, 4) is 0 Å². The number of thiocarbonyl (C=S) groups is 1. The van der Waals surface area contributed by atoms with Gasteiger partial charge in [0.2, 0.25) is 0 Å². The number of esters is 1. The van der Waals surface area contributed by atoms with Gasteiger partial charge in [0.1, 0.15) is 5.00 Å². The van der Waals surface area contributed by atoms with Gasteiger partial charge < -0.3 is 14.5 Å². The minimum absolute atomic E-state index is 0.109. The van der Waals surface area contributed by atoms with Gasteiger partial charge >= 0.3 is 5.97 Å². The number of carbonyl (C=O) groups is 2. The first-order valence-corrected chi connectivity index (χ1v) is 10.3. The van der Waals surface area contributed by atoms with Gasteiger partial charge in [-0.15, -0.1) is 11.3 Å². The number of hydrogen-bond acceptors (Lipinski definition) is 6. The van der Waals surface area contributed by atoms with E-state index in [9.17, 15) is 9.59 Å². The molecule has 2 N–H and O–H groups in total. The lowest BCUT2D eigenvalue weighted by Gasteiger charge is -2.33. The van der Waals surface area contributed by atoms with Crippen LogP contribution in [0.2, 0.25) is 0 Å². The third kappa shape index (κ3) is 4.28. The number of rotatable bonds is 3. The number of fused-ring (bicyclic) bond motifs is 1. The number of furan rings is 1. The molecule has 6 nitrogen and oxygen atoms in total. The fraction of sp³-hybridized carbons (Fsp3) is 0.450. The summed E-state index contributed by atoms with van der Waals surface area (Å²) in [4.78, 5) is 25.7. The number of methoxy groups -OCH3 is 1. The second-order valence-corrected chi connectivity index (χ2v) is 9.40. The van der Waals surface area contributed by atoms with Crippen molar-refractivity contribution in [2.24, 2.45) is 11.3 Å². The Kier molecular flexibility index (Phi) is 5.90. The molecular weight excluding hydrogens is 396 g/mol. The van der Waals surface area contributed by atoms with Crippen molar-refractivity contribution < 1.29 is 18.7 Å². The van der Waals surface area contributed by atoms with Crippen molar-refractivity contribution in [3.63, 3.8) is 0 Å². The Balaban J connectivity index is 1.82. The Morgan fingerprint density at radius 3 is 2.71 bits per heavy atom. The molecule has 28 heavy (non-hydrogen) atoms. The van der Waals surface area contributed by atoms with Crippen LogP contribution in [0.1, 0.15) is 58.5 Å². The van der Waals surface area contributed by atoms with Gasteiger partial charge in [-0.2, -0.15) is 0 Å². The molecule has 8 heteroatoms. The summed E-state index contributed by atoms with van der Waals surface area (Å²) in [6.07, 6.45) is 4.18. The van der Waals surface area contributed by atoms with Crippen LogP contribution in [0.5, 0.6) is 0 Å². The lowest BCUT2D eigenvalue weighted by Crippen LogP contribution is -2.34. The van der Waals surface area contributed by atoms with Crippen LogP contribution < -0.4 is 10.6 Å². The zero-order valence-corrected chi connectivity index (χ0v) is 18.0. The summed E-state index contributed by atoms with van der Waals surface area (Å²) in [6, 6.07) is 3.17. The minimum atomic E-state index is -0.448. The summed E-state index contributed by atoms with van der Waals surface area (Å²) in [5, 5.41) is 6.29. The van der Waals surface area contributed by atoms with Crippen LogP contribution in [0.25, 0.3) is 0 Å². The summed E-state index contributed by atoms with van der Waals surface area (Å²) < 4.78 is 10.1. The maximum atomic E-state index is 12.4. The van der Waals surface area contributed by atoms with Gasteiger partial charge in [0.25, 0.3) is 5.91 Å². The second-order valence-electron chi connectivity index (χ2n) is 7.89. The van der Waals surface area contributed by atoms with Crippen molar-refractivity contribution in [2.45, 2.75) is 40.0 Å². The van der Waals surface area contributed by atoms with Crippen LogP contribution in [0.4, 0.5) is 5.00 Å². The van der Waals surface area contributed by atoms with Crippen LogP contribution >= 0.6 is 23.6 Å². The number of hydrogen-bond donors (Lipinski definition) is 2. The molecule has 0 saturated heterocycles. The van der Waals surface area contributed by atoms with E-state index in [1.165, 1.54) is 29.6 Å². The monoisotopic (exact) mass is 420 g/mol. The van der Waals surface area contributed by atoms with E-state index in [4.69, 9.17) is 21.4 Å². The lowest BCUT2D eigenvalue weighted by atomic mass is 9.72. The zero-order valence-electron chi connectivity index (χ0n) is 16.4. The van der Waals surface area contributed by atoms with Crippen LogP contribution in [-0.2, 0) is 17.6 Å². The molecule has 0 fully saturated rings. The molecule has 2 heterocycles. The Hall–Kier alpha value is -2.19. The molecule has 2 aromatic rings. The van der Waals surface area contributed by atoms with E-state index in [1.807, 2.05) is 0 Å². The molecule has 0 aliphatic heterocycles. The molecule has 1 aliphatic rings. The molecule has 0 bridgehead atoms. The van der Waals surface area contributed by atoms with E-state index >= 15 is 0 Å². The number of carbonyl (C=O) groups excluding carboxylic acids is 2. The van der Waals surface area contributed by atoms with Gasteiger partial charge in [0, 0.05) is 4.88 Å². The standard InChI is InChI=1S/C20H24N2O4S2/c1-20(2,3)11-7-8-12-14(10-11)28-17(15(12)18(24)25-4)22-19(27)21-16(23)13-6-5-9-26-13/h5-6,9,11H,7-8,10H2,1-4H3,(H2,21,22,23,27). The molecule has 0 saturated carbocycles. The van der Waals surface area contributed by atoms with Crippen LogP contribution in [0.3, 0.4) is 0 Å². The Bertz CT molecular complexity index is 894. The maximum absolute atomic E-state index is 12.4. The Labute approximate surface area is 173 Å². The Morgan fingerprint density at radius 1 is 1.36 bits per heavy atom. The fourth-order valence-corrected chi connectivity index (χ4v) is 5.02. The molecule has 150 valence electrons. The third-order valence-corrected chi connectivity index (χ3v) is 6.45. The van der Waals surface area contributed by atoms with Gasteiger partial charge in [0.15, 0.2) is 10.9 Å². The summed E-state index contributed by atoms with van der Waals surface area (Å²) in [5.74, 6) is -0.135. The smallest absolute Gasteiger partial charge is 0.341 e. The molecule has 1 aliphatic carbocycles. The number of amides is 1. The number of thiophene rings is 1. The van der Waals surface area contributed by atoms with Crippen molar-refractivity contribution in [2.75, 3.05) is 12.4 Å². The Morgan fingerprint density at radius 2 is 2.11 bits per heavy atom. The van der Waals surface area contributed by atoms with E-state index in [2.05, 4.69) is 31.4 Å². The molecule has 2 aromatic heterocycles. The van der Waals surface area contributed by atoms with Gasteiger partial charge in [-0.25, -0.2) is 4.79 Å². The van der Waals surface area contributed by atoms with Gasteiger partial charge in [-0.1, -0.05) is 20.8 Å². The predicted octanol–water partition coefficient (Wildman–Crippen LogP) is 4.41. The van der Waals surface area contributed by atoms with E-state index < -0.39 is 11.9 Å². The van der Waals surface area contributed by atoms with Crippen LogP contribution in [-0.4, -0.2) is 24.1 Å². The predicted molar refractivity (Wildman–Crippen MR) is 113 cm³/mol. The third-order valence-electron chi connectivity index (χ3n) is 5.08. The highest BCUT2D eigenvalue weighted by Crippen LogP contribution is 2.44. The highest BCUT2D eigenvalue weighted by atomic mass is 32.1. The molecule has 1 amide bonds. The largest absolute Gasteiger partial charge is 0.465 e. The van der Waals surface area contributed by atoms with E-state index in [-0.39, 0.29) is 16.3 Å². The fourth-order valence-electron chi connectivity index (χ4n) is 3.44. The average molecular weight is 421 g/mol. The molecule has 0 spiro atoms. The minimum Gasteiger partial charge on any atom is -0.465 e. The molecular formula is C20H24N2O4S2. The van der Waals surface area contributed by atoms with Gasteiger partial charge in [-0.05, 0) is 60.5 Å². The van der Waals surface area contributed by atoms with E-state index in [0.29, 0.717) is 16.5 Å². The first-order valence-electron chi connectivity index (χ1n) is 9.09. The highest BCUT2D eigenvalue weighted by molar-refractivity contribution is 7.80. The van der Waals surface area contributed by atoms with Crippen LogP contribution in [0.15, 0.2) is 22.8 Å². The summed E-state index contributed by atoms with van der Waals surface area (Å²) in [6.45, 7) is 6.74. The normalized spacial score (nSPS) is 16.2. The molecule has 1 atom stereocenters. The quantitative estimate of drug-likeness (QED) is 0.566. The summed E-state index contributed by atoms with van der Waals surface area (Å²) >= 11 is 6.77. The summed E-state index contributed by atoms with van der Waals surface area (Å²) in [7, 11) is 1.37.